The van der Waals surface area contributed by atoms with E-state index in [2.05, 4.69) is 30.6 Å². The Labute approximate surface area is 181 Å². The van der Waals surface area contributed by atoms with E-state index in [-0.39, 0.29) is 23.7 Å². The van der Waals surface area contributed by atoms with Gasteiger partial charge in [-0.1, -0.05) is 0 Å². The Balaban J connectivity index is 1.43. The number of hydrogen-bond donors (Lipinski definition) is 3. The van der Waals surface area contributed by atoms with Gasteiger partial charge in [-0.3, -0.25) is 15.1 Å². The van der Waals surface area contributed by atoms with Crippen molar-refractivity contribution in [2.24, 2.45) is 7.05 Å². The van der Waals surface area contributed by atoms with Crippen molar-refractivity contribution in [3.05, 3.63) is 89.1 Å². The summed E-state index contributed by atoms with van der Waals surface area (Å²) in [5.74, 6) is 0.602. The molecule has 0 fully saturated rings. The summed E-state index contributed by atoms with van der Waals surface area (Å²) in [5, 5.41) is 16.3. The minimum atomic E-state index is -0.305. The van der Waals surface area contributed by atoms with Gasteiger partial charge in [0, 0.05) is 41.0 Å². The SMILES string of the molecule is Cn1cc([C@@H]2N[C@@H](c3nc(-c4ccc(F)cc4)n[nH]3)Cc3c2[nH]c2cc(F)ccc32)cn1. The Kier molecular flexibility index (Phi) is 4.19. The summed E-state index contributed by atoms with van der Waals surface area (Å²) in [6, 6.07) is 10.6. The molecule has 0 saturated carbocycles. The normalized spacial score (nSPS) is 18.2. The zero-order valence-electron chi connectivity index (χ0n) is 17.1. The second-order valence-corrected chi connectivity index (χ2v) is 8.06. The van der Waals surface area contributed by atoms with Gasteiger partial charge in [-0.15, -0.1) is 0 Å². The molecular weight excluding hydrogens is 412 g/mol. The first-order valence-corrected chi connectivity index (χ1v) is 10.3. The molecule has 1 aliphatic heterocycles. The molecule has 2 aromatic carbocycles. The predicted octanol–water partition coefficient (Wildman–Crippen LogP) is 3.94. The van der Waals surface area contributed by atoms with Gasteiger partial charge in [0.05, 0.1) is 18.3 Å². The number of fused-ring (bicyclic) bond motifs is 3. The number of halogens is 2. The Morgan fingerprint density at radius 2 is 1.88 bits per heavy atom. The number of aromatic nitrogens is 6. The molecule has 0 aliphatic carbocycles. The second kappa shape index (κ2) is 7.10. The molecule has 5 aromatic rings. The molecule has 4 heterocycles. The lowest BCUT2D eigenvalue weighted by Crippen LogP contribution is -2.34. The van der Waals surface area contributed by atoms with E-state index in [9.17, 15) is 8.78 Å². The van der Waals surface area contributed by atoms with Crippen molar-refractivity contribution in [1.29, 1.82) is 0 Å². The average Bonchev–Trinajstić information content (AvgIpc) is 3.51. The first kappa shape index (κ1) is 18.9. The summed E-state index contributed by atoms with van der Waals surface area (Å²) in [7, 11) is 1.87. The fraction of sp³-hybridized carbons (Fsp3) is 0.174. The van der Waals surface area contributed by atoms with E-state index >= 15 is 0 Å². The first-order chi connectivity index (χ1) is 15.5. The van der Waals surface area contributed by atoms with Crippen LogP contribution in [0.2, 0.25) is 0 Å². The maximum absolute atomic E-state index is 13.9. The third-order valence-electron chi connectivity index (χ3n) is 5.96. The van der Waals surface area contributed by atoms with E-state index in [1.54, 1.807) is 16.8 Å². The molecule has 7 nitrogen and oxygen atoms in total. The molecule has 3 N–H and O–H groups in total. The standard InChI is InChI=1S/C23H19F2N7/c1-32-11-13(10-26-32)20-21-17(16-7-6-15(25)8-18(16)27-21)9-19(28-20)23-29-22(30-31-23)12-2-4-14(24)5-3-12/h2-8,10-11,19-20,27-28H,9H2,1H3,(H,29,30,31)/t19-,20+/m1/s1. The summed E-state index contributed by atoms with van der Waals surface area (Å²) in [6.45, 7) is 0. The molecule has 0 unspecified atom stereocenters. The number of aryl methyl sites for hydroxylation is 1. The fourth-order valence-corrected chi connectivity index (χ4v) is 4.45. The van der Waals surface area contributed by atoms with Crippen molar-refractivity contribution in [1.82, 2.24) is 35.3 Å². The number of aromatic amines is 2. The highest BCUT2D eigenvalue weighted by Gasteiger charge is 2.33. The van der Waals surface area contributed by atoms with Crippen molar-refractivity contribution < 1.29 is 8.78 Å². The summed E-state index contributed by atoms with van der Waals surface area (Å²) >= 11 is 0. The quantitative estimate of drug-likeness (QED) is 0.404. The highest BCUT2D eigenvalue weighted by atomic mass is 19.1. The van der Waals surface area contributed by atoms with Crippen molar-refractivity contribution in [2.45, 2.75) is 18.5 Å². The van der Waals surface area contributed by atoms with Crippen molar-refractivity contribution >= 4 is 10.9 Å². The molecule has 0 bridgehead atoms. The molecule has 9 heteroatoms. The Hall–Kier alpha value is -3.85. The molecule has 32 heavy (non-hydrogen) atoms. The highest BCUT2D eigenvalue weighted by Crippen LogP contribution is 2.38. The summed E-state index contributed by atoms with van der Waals surface area (Å²) in [6.07, 6.45) is 4.43. The van der Waals surface area contributed by atoms with E-state index in [1.807, 2.05) is 25.5 Å². The minimum absolute atomic E-state index is 0.154. The van der Waals surface area contributed by atoms with Crippen LogP contribution in [0.1, 0.15) is 34.7 Å². The van der Waals surface area contributed by atoms with Gasteiger partial charge in [-0.2, -0.15) is 10.2 Å². The van der Waals surface area contributed by atoms with Crippen LogP contribution in [-0.2, 0) is 13.5 Å². The summed E-state index contributed by atoms with van der Waals surface area (Å²) < 4.78 is 28.9. The van der Waals surface area contributed by atoms with Crippen molar-refractivity contribution in [3.8, 4) is 11.4 Å². The number of benzene rings is 2. The number of rotatable bonds is 3. The third kappa shape index (κ3) is 3.09. The average molecular weight is 431 g/mol. The lowest BCUT2D eigenvalue weighted by Gasteiger charge is -2.29. The van der Waals surface area contributed by atoms with Gasteiger partial charge < -0.3 is 4.98 Å². The topological polar surface area (TPSA) is 87.2 Å². The van der Waals surface area contributed by atoms with Crippen LogP contribution >= 0.6 is 0 Å². The van der Waals surface area contributed by atoms with Crippen LogP contribution in [0, 0.1) is 11.6 Å². The zero-order chi connectivity index (χ0) is 21.8. The van der Waals surface area contributed by atoms with Crippen LogP contribution in [0.4, 0.5) is 8.78 Å². The van der Waals surface area contributed by atoms with E-state index in [4.69, 9.17) is 0 Å². The third-order valence-corrected chi connectivity index (χ3v) is 5.96. The largest absolute Gasteiger partial charge is 0.356 e. The van der Waals surface area contributed by atoms with E-state index in [0.29, 0.717) is 18.1 Å². The minimum Gasteiger partial charge on any atom is -0.356 e. The predicted molar refractivity (Wildman–Crippen MR) is 115 cm³/mol. The first-order valence-electron chi connectivity index (χ1n) is 10.3. The van der Waals surface area contributed by atoms with Crippen LogP contribution < -0.4 is 5.32 Å². The molecule has 6 rings (SSSR count). The molecule has 1 aliphatic rings. The Bertz CT molecular complexity index is 1430. The summed E-state index contributed by atoms with van der Waals surface area (Å²) in [5.41, 5.74) is 4.59. The smallest absolute Gasteiger partial charge is 0.181 e. The fourth-order valence-electron chi connectivity index (χ4n) is 4.45. The lowest BCUT2D eigenvalue weighted by molar-refractivity contribution is 0.431. The van der Waals surface area contributed by atoms with Crippen LogP contribution in [0.5, 0.6) is 0 Å². The van der Waals surface area contributed by atoms with Gasteiger partial charge in [0.15, 0.2) is 5.82 Å². The number of hydrogen-bond acceptors (Lipinski definition) is 4. The number of nitrogens with one attached hydrogen (secondary N) is 3. The molecule has 3 aromatic heterocycles. The number of H-pyrrole nitrogens is 2. The molecule has 160 valence electrons. The van der Waals surface area contributed by atoms with Gasteiger partial charge >= 0.3 is 0 Å². The van der Waals surface area contributed by atoms with Crippen LogP contribution in [-0.4, -0.2) is 29.9 Å². The molecule has 0 radical (unpaired) electrons. The van der Waals surface area contributed by atoms with Gasteiger partial charge in [0.25, 0.3) is 0 Å². The van der Waals surface area contributed by atoms with Gasteiger partial charge in [0.1, 0.15) is 17.5 Å². The monoisotopic (exact) mass is 431 g/mol. The van der Waals surface area contributed by atoms with Gasteiger partial charge in [-0.25, -0.2) is 13.8 Å². The molecule has 0 amide bonds. The van der Waals surface area contributed by atoms with E-state index in [0.717, 1.165) is 33.3 Å². The number of nitrogens with zero attached hydrogens (tertiary/aromatic N) is 4. The molecule has 2 atom stereocenters. The van der Waals surface area contributed by atoms with Crippen LogP contribution in [0.15, 0.2) is 54.9 Å². The maximum atomic E-state index is 13.9. The van der Waals surface area contributed by atoms with Crippen molar-refractivity contribution in [2.75, 3.05) is 0 Å². The molecule has 0 saturated heterocycles. The van der Waals surface area contributed by atoms with E-state index in [1.165, 1.54) is 24.3 Å². The molecular formula is C23H19F2N7. The van der Waals surface area contributed by atoms with Gasteiger partial charge in [-0.05, 0) is 54.4 Å². The lowest BCUT2D eigenvalue weighted by atomic mass is 9.91. The van der Waals surface area contributed by atoms with Gasteiger partial charge in [0.2, 0.25) is 0 Å². The Morgan fingerprint density at radius 1 is 1.06 bits per heavy atom. The van der Waals surface area contributed by atoms with Crippen LogP contribution in [0.3, 0.4) is 0 Å². The van der Waals surface area contributed by atoms with E-state index < -0.39 is 0 Å². The van der Waals surface area contributed by atoms with Crippen molar-refractivity contribution in [3.63, 3.8) is 0 Å². The highest BCUT2D eigenvalue weighted by molar-refractivity contribution is 5.85. The Morgan fingerprint density at radius 3 is 2.66 bits per heavy atom. The molecule has 0 spiro atoms. The summed E-state index contributed by atoms with van der Waals surface area (Å²) in [4.78, 5) is 8.08. The second-order valence-electron chi connectivity index (χ2n) is 8.06. The maximum Gasteiger partial charge on any atom is 0.181 e. The zero-order valence-corrected chi connectivity index (χ0v) is 17.1. The van der Waals surface area contributed by atoms with Crippen LogP contribution in [0.25, 0.3) is 22.3 Å².